The van der Waals surface area contributed by atoms with Gasteiger partial charge in [-0.1, -0.05) is 193 Å². The molecule has 9 heteroatoms. The monoisotopic (exact) mass is 717 g/mol. The molecule has 0 heterocycles. The number of hydrogen-bond acceptors (Lipinski definition) is 6. The van der Waals surface area contributed by atoms with Crippen LogP contribution in [-0.2, 0) is 18.4 Å². The van der Waals surface area contributed by atoms with E-state index in [0.717, 1.165) is 38.5 Å². The standard InChI is InChI=1S/C40H81N2O6P/c1-3-5-7-9-11-13-15-16-17-18-19-20-21-22-23-24-26-28-30-32-34-40(44)42-38(37-48-49(45,46)47-36-35-41)39(43)33-31-29-27-25-14-12-10-8-6-4-2/h31,33,38-39,43H,3-30,32,34-37,41H2,1-2H3,(H,42,44)(H,45,46)/b33-31+/t38-,39+/m0/s1. The molecule has 0 aromatic carbocycles. The average molecular weight is 717 g/mol. The van der Waals surface area contributed by atoms with Crippen LogP contribution in [0, 0.1) is 0 Å². The van der Waals surface area contributed by atoms with E-state index >= 15 is 0 Å². The van der Waals surface area contributed by atoms with Crippen molar-refractivity contribution >= 4 is 13.7 Å². The molecule has 1 unspecified atom stereocenters. The normalized spacial score (nSPS) is 14.3. The van der Waals surface area contributed by atoms with Crippen molar-refractivity contribution in [2.45, 2.75) is 219 Å². The molecule has 0 bridgehead atoms. The summed E-state index contributed by atoms with van der Waals surface area (Å²) in [6.07, 6.45) is 39.8. The van der Waals surface area contributed by atoms with Crippen LogP contribution < -0.4 is 11.1 Å². The lowest BCUT2D eigenvalue weighted by atomic mass is 10.0. The highest BCUT2D eigenvalue weighted by Gasteiger charge is 2.26. The third kappa shape index (κ3) is 35.4. The number of carbonyl (C=O) groups excluding carboxylic acids is 1. The number of phosphoric ester groups is 1. The number of rotatable bonds is 39. The van der Waals surface area contributed by atoms with Crippen LogP contribution >= 0.6 is 7.82 Å². The molecule has 0 rings (SSSR count). The minimum absolute atomic E-state index is 0.0810. The van der Waals surface area contributed by atoms with E-state index in [1.165, 1.54) is 148 Å². The Hall–Kier alpha value is -0.760. The number of unbranched alkanes of at least 4 members (excludes halogenated alkanes) is 27. The number of nitrogens with two attached hydrogens (primary N) is 1. The van der Waals surface area contributed by atoms with Crippen LogP contribution in [0.3, 0.4) is 0 Å². The molecule has 5 N–H and O–H groups in total. The molecule has 0 aliphatic carbocycles. The Bertz CT molecular complexity index is 784. The van der Waals surface area contributed by atoms with Crippen LogP contribution in [0.5, 0.6) is 0 Å². The van der Waals surface area contributed by atoms with Gasteiger partial charge in [0.05, 0.1) is 25.4 Å². The van der Waals surface area contributed by atoms with E-state index in [9.17, 15) is 19.4 Å². The Kier molecular flexibility index (Phi) is 36.4. The zero-order chi connectivity index (χ0) is 36.1. The van der Waals surface area contributed by atoms with E-state index in [4.69, 9.17) is 14.8 Å². The van der Waals surface area contributed by atoms with Crippen molar-refractivity contribution in [3.63, 3.8) is 0 Å². The van der Waals surface area contributed by atoms with E-state index in [2.05, 4.69) is 19.2 Å². The lowest BCUT2D eigenvalue weighted by molar-refractivity contribution is -0.123. The summed E-state index contributed by atoms with van der Waals surface area (Å²) in [5, 5.41) is 13.6. The summed E-state index contributed by atoms with van der Waals surface area (Å²) in [6, 6.07) is -0.852. The molecular formula is C40H81N2O6P. The highest BCUT2D eigenvalue weighted by Crippen LogP contribution is 2.43. The first kappa shape index (κ1) is 48.2. The van der Waals surface area contributed by atoms with Crippen LogP contribution in [0.15, 0.2) is 12.2 Å². The van der Waals surface area contributed by atoms with Crippen molar-refractivity contribution in [3.05, 3.63) is 12.2 Å². The van der Waals surface area contributed by atoms with Gasteiger partial charge in [0.25, 0.3) is 0 Å². The predicted octanol–water partition coefficient (Wildman–Crippen LogP) is 11.2. The first-order valence-electron chi connectivity index (χ1n) is 20.8. The second-order valence-electron chi connectivity index (χ2n) is 14.2. The van der Waals surface area contributed by atoms with Crippen molar-refractivity contribution in [1.82, 2.24) is 5.32 Å². The zero-order valence-corrected chi connectivity index (χ0v) is 33.1. The van der Waals surface area contributed by atoms with Crippen LogP contribution in [0.1, 0.15) is 206 Å². The van der Waals surface area contributed by atoms with E-state index in [1.807, 2.05) is 6.08 Å². The van der Waals surface area contributed by atoms with Gasteiger partial charge in [0.2, 0.25) is 5.91 Å². The Labute approximate surface area is 303 Å². The van der Waals surface area contributed by atoms with Crippen LogP contribution in [0.25, 0.3) is 0 Å². The minimum Gasteiger partial charge on any atom is -0.387 e. The Morgan fingerprint density at radius 2 is 1.04 bits per heavy atom. The number of hydrogen-bond donors (Lipinski definition) is 4. The quantitative estimate of drug-likeness (QED) is 0.0283. The summed E-state index contributed by atoms with van der Waals surface area (Å²) in [4.78, 5) is 22.6. The molecule has 0 aliphatic rings. The summed E-state index contributed by atoms with van der Waals surface area (Å²) in [7, 11) is -4.33. The predicted molar refractivity (Wildman–Crippen MR) is 208 cm³/mol. The average Bonchev–Trinajstić information content (AvgIpc) is 3.09. The molecule has 0 saturated heterocycles. The first-order chi connectivity index (χ1) is 23.9. The molecule has 0 saturated carbocycles. The van der Waals surface area contributed by atoms with Crippen molar-refractivity contribution in [2.24, 2.45) is 5.73 Å². The molecule has 0 aromatic heterocycles. The maximum atomic E-state index is 12.7. The fourth-order valence-electron chi connectivity index (χ4n) is 6.19. The lowest BCUT2D eigenvalue weighted by Crippen LogP contribution is -2.45. The highest BCUT2D eigenvalue weighted by molar-refractivity contribution is 7.47. The minimum atomic E-state index is -4.33. The molecule has 3 atom stereocenters. The fourth-order valence-corrected chi connectivity index (χ4v) is 6.95. The Balaban J connectivity index is 4.09. The fraction of sp³-hybridized carbons (Fsp3) is 0.925. The first-order valence-corrected chi connectivity index (χ1v) is 22.3. The Morgan fingerprint density at radius 3 is 1.45 bits per heavy atom. The largest absolute Gasteiger partial charge is 0.472 e. The molecule has 1 amide bonds. The number of amides is 1. The molecule has 0 aliphatic heterocycles. The smallest absolute Gasteiger partial charge is 0.387 e. The number of aliphatic hydroxyl groups excluding tert-OH is 1. The van der Waals surface area contributed by atoms with Gasteiger partial charge >= 0.3 is 7.82 Å². The van der Waals surface area contributed by atoms with Crippen LogP contribution in [0.2, 0.25) is 0 Å². The number of carbonyl (C=O) groups is 1. The summed E-state index contributed by atoms with van der Waals surface area (Å²) in [6.45, 7) is 4.13. The topological polar surface area (TPSA) is 131 Å². The lowest BCUT2D eigenvalue weighted by Gasteiger charge is -2.23. The summed E-state index contributed by atoms with van der Waals surface area (Å²) < 4.78 is 22.0. The van der Waals surface area contributed by atoms with Gasteiger partial charge in [-0.05, 0) is 19.3 Å². The maximum Gasteiger partial charge on any atom is 0.472 e. The van der Waals surface area contributed by atoms with Gasteiger partial charge in [0.1, 0.15) is 0 Å². The van der Waals surface area contributed by atoms with Gasteiger partial charge < -0.3 is 21.1 Å². The van der Waals surface area contributed by atoms with E-state index in [0.29, 0.717) is 6.42 Å². The van der Waals surface area contributed by atoms with Gasteiger partial charge in [-0.25, -0.2) is 4.57 Å². The molecule has 0 aromatic rings. The number of aliphatic hydroxyl groups is 1. The number of nitrogens with one attached hydrogen (secondary N) is 1. The Morgan fingerprint density at radius 1 is 0.653 bits per heavy atom. The molecule has 0 fully saturated rings. The van der Waals surface area contributed by atoms with E-state index in [1.54, 1.807) is 6.08 Å². The highest BCUT2D eigenvalue weighted by atomic mass is 31.2. The molecule has 0 radical (unpaired) electrons. The second-order valence-corrected chi connectivity index (χ2v) is 15.7. The summed E-state index contributed by atoms with van der Waals surface area (Å²) >= 11 is 0. The zero-order valence-electron chi connectivity index (χ0n) is 32.2. The summed E-state index contributed by atoms with van der Waals surface area (Å²) in [5.74, 6) is -0.192. The van der Waals surface area contributed by atoms with Gasteiger partial charge in [0, 0.05) is 13.0 Å². The van der Waals surface area contributed by atoms with Crippen molar-refractivity contribution in [3.8, 4) is 0 Å². The molecule has 49 heavy (non-hydrogen) atoms. The number of allylic oxidation sites excluding steroid dienone is 1. The number of phosphoric acid groups is 1. The van der Waals surface area contributed by atoms with Gasteiger partial charge in [-0.3, -0.25) is 13.8 Å². The van der Waals surface area contributed by atoms with E-state index in [-0.39, 0.29) is 25.7 Å². The summed E-state index contributed by atoms with van der Waals surface area (Å²) in [5.41, 5.74) is 5.36. The molecule has 0 spiro atoms. The van der Waals surface area contributed by atoms with Crippen molar-refractivity contribution < 1.29 is 28.4 Å². The third-order valence-corrected chi connectivity index (χ3v) is 10.3. The molecule has 8 nitrogen and oxygen atoms in total. The van der Waals surface area contributed by atoms with Crippen LogP contribution in [0.4, 0.5) is 0 Å². The van der Waals surface area contributed by atoms with Crippen molar-refractivity contribution in [2.75, 3.05) is 19.8 Å². The maximum absolute atomic E-state index is 12.7. The van der Waals surface area contributed by atoms with Gasteiger partial charge in [-0.2, -0.15) is 0 Å². The van der Waals surface area contributed by atoms with Crippen LogP contribution in [-0.4, -0.2) is 47.8 Å². The second kappa shape index (κ2) is 37.0. The van der Waals surface area contributed by atoms with E-state index < -0.39 is 20.0 Å². The molecule has 292 valence electrons. The molecular weight excluding hydrogens is 635 g/mol. The van der Waals surface area contributed by atoms with Gasteiger partial charge in [-0.15, -0.1) is 0 Å². The third-order valence-electron chi connectivity index (χ3n) is 9.36. The van der Waals surface area contributed by atoms with Crippen molar-refractivity contribution in [1.29, 1.82) is 0 Å². The SMILES string of the molecule is CCCCCCCCCC/C=C/[C@@H](O)[C@H](COP(=O)(O)OCCN)NC(=O)CCCCCCCCCCCCCCCCCCCCCC. The van der Waals surface area contributed by atoms with Gasteiger partial charge in [0.15, 0.2) is 0 Å².